The zero-order chi connectivity index (χ0) is 12.3. The third-order valence-electron chi connectivity index (χ3n) is 2.99. The number of hydrogen-bond donors (Lipinski definition) is 0. The number of likely N-dealkylation sites (tertiary alicyclic amines) is 1. The lowest BCUT2D eigenvalue weighted by molar-refractivity contribution is -0.152. The van der Waals surface area contributed by atoms with Gasteiger partial charge in [0.1, 0.15) is 12.6 Å². The number of benzene rings is 1. The summed E-state index contributed by atoms with van der Waals surface area (Å²) in [6.07, 6.45) is 0.991. The Morgan fingerprint density at radius 1 is 1.41 bits per heavy atom. The van der Waals surface area contributed by atoms with Crippen molar-refractivity contribution in [2.75, 3.05) is 7.05 Å². The first-order chi connectivity index (χ1) is 8.18. The molecule has 17 heavy (non-hydrogen) atoms. The Hall–Kier alpha value is -1.84. The third kappa shape index (κ3) is 2.64. The lowest BCUT2D eigenvalue weighted by Crippen LogP contribution is -2.36. The molecule has 0 radical (unpaired) electrons. The average molecular weight is 233 g/mol. The summed E-state index contributed by atoms with van der Waals surface area (Å²) in [5, 5.41) is 0. The molecule has 0 unspecified atom stereocenters. The van der Waals surface area contributed by atoms with Crippen LogP contribution in [0.4, 0.5) is 0 Å². The van der Waals surface area contributed by atoms with E-state index in [0.717, 1.165) is 5.56 Å². The second-order valence-corrected chi connectivity index (χ2v) is 4.15. The molecule has 4 heteroatoms. The maximum atomic E-state index is 11.8. The second kappa shape index (κ2) is 4.99. The number of ether oxygens (including phenoxy) is 1. The number of esters is 1. The van der Waals surface area contributed by atoms with Gasteiger partial charge in [0, 0.05) is 13.5 Å². The smallest absolute Gasteiger partial charge is 0.329 e. The van der Waals surface area contributed by atoms with Crippen LogP contribution in [0.3, 0.4) is 0 Å². The maximum Gasteiger partial charge on any atom is 0.329 e. The summed E-state index contributed by atoms with van der Waals surface area (Å²) >= 11 is 0. The lowest BCUT2D eigenvalue weighted by atomic mass is 10.2. The summed E-state index contributed by atoms with van der Waals surface area (Å²) in [6.45, 7) is 0.262. The van der Waals surface area contributed by atoms with E-state index in [0.29, 0.717) is 12.8 Å². The normalized spacial score (nSPS) is 19.5. The molecular weight excluding hydrogens is 218 g/mol. The Morgan fingerprint density at radius 3 is 2.71 bits per heavy atom. The molecular formula is C13H15NO3. The number of carbonyl (C=O) groups excluding carboxylic acids is 2. The van der Waals surface area contributed by atoms with Gasteiger partial charge in [0.2, 0.25) is 5.91 Å². The van der Waals surface area contributed by atoms with E-state index < -0.39 is 6.04 Å². The molecule has 0 spiro atoms. The summed E-state index contributed by atoms with van der Waals surface area (Å²) in [5.41, 5.74) is 0.952. The molecule has 1 aliphatic heterocycles. The minimum atomic E-state index is -0.411. The summed E-state index contributed by atoms with van der Waals surface area (Å²) in [6, 6.07) is 9.09. The zero-order valence-corrected chi connectivity index (χ0v) is 9.76. The van der Waals surface area contributed by atoms with Gasteiger partial charge < -0.3 is 9.64 Å². The van der Waals surface area contributed by atoms with E-state index in [1.54, 1.807) is 7.05 Å². The van der Waals surface area contributed by atoms with E-state index in [2.05, 4.69) is 0 Å². The first-order valence-corrected chi connectivity index (χ1v) is 5.64. The molecule has 1 aromatic carbocycles. The van der Waals surface area contributed by atoms with Gasteiger partial charge in [0.05, 0.1) is 0 Å². The van der Waals surface area contributed by atoms with Crippen LogP contribution in [0.1, 0.15) is 18.4 Å². The largest absolute Gasteiger partial charge is 0.459 e. The molecule has 4 nitrogen and oxygen atoms in total. The standard InChI is InChI=1S/C13H15NO3/c1-14-11(7-8-12(14)15)13(16)17-9-10-5-3-2-4-6-10/h2-6,11H,7-9H2,1H3/t11-/m0/s1. The highest BCUT2D eigenvalue weighted by Gasteiger charge is 2.34. The van der Waals surface area contributed by atoms with Crippen LogP contribution >= 0.6 is 0 Å². The topological polar surface area (TPSA) is 46.6 Å². The minimum absolute atomic E-state index is 0.00617. The van der Waals surface area contributed by atoms with Gasteiger partial charge in [-0.3, -0.25) is 4.79 Å². The summed E-state index contributed by atoms with van der Waals surface area (Å²) < 4.78 is 5.20. The number of nitrogens with zero attached hydrogens (tertiary/aromatic N) is 1. The molecule has 1 heterocycles. The second-order valence-electron chi connectivity index (χ2n) is 4.15. The minimum Gasteiger partial charge on any atom is -0.459 e. The fourth-order valence-electron chi connectivity index (χ4n) is 1.90. The Morgan fingerprint density at radius 2 is 2.12 bits per heavy atom. The van der Waals surface area contributed by atoms with E-state index in [1.807, 2.05) is 30.3 Å². The number of hydrogen-bond acceptors (Lipinski definition) is 3. The van der Waals surface area contributed by atoms with Gasteiger partial charge in [-0.25, -0.2) is 4.79 Å². The highest BCUT2D eigenvalue weighted by molar-refractivity contribution is 5.87. The summed E-state index contributed by atoms with van der Waals surface area (Å²) in [7, 11) is 1.64. The number of rotatable bonds is 3. The van der Waals surface area contributed by atoms with Crippen LogP contribution in [0.25, 0.3) is 0 Å². The highest BCUT2D eigenvalue weighted by Crippen LogP contribution is 2.18. The molecule has 90 valence electrons. The first kappa shape index (κ1) is 11.6. The van der Waals surface area contributed by atoms with Crippen molar-refractivity contribution in [3.05, 3.63) is 35.9 Å². The first-order valence-electron chi connectivity index (χ1n) is 5.64. The predicted octanol–water partition coefficient (Wildman–Crippen LogP) is 1.35. The van der Waals surface area contributed by atoms with Gasteiger partial charge in [-0.05, 0) is 12.0 Å². The van der Waals surface area contributed by atoms with Crippen molar-refractivity contribution >= 4 is 11.9 Å². The Labute approximate surface area is 100 Å². The summed E-state index contributed by atoms with van der Waals surface area (Å²) in [4.78, 5) is 24.5. The number of carbonyl (C=O) groups is 2. The van der Waals surface area contributed by atoms with Crippen molar-refractivity contribution < 1.29 is 14.3 Å². The molecule has 0 aromatic heterocycles. The molecule has 1 atom stereocenters. The third-order valence-corrected chi connectivity index (χ3v) is 2.99. The molecule has 0 aliphatic carbocycles. The van der Waals surface area contributed by atoms with Crippen molar-refractivity contribution in [1.29, 1.82) is 0 Å². The monoisotopic (exact) mass is 233 g/mol. The molecule has 1 aromatic rings. The molecule has 0 saturated carbocycles. The van der Waals surface area contributed by atoms with Crippen LogP contribution in [-0.2, 0) is 20.9 Å². The van der Waals surface area contributed by atoms with Crippen molar-refractivity contribution in [3.8, 4) is 0 Å². The van der Waals surface area contributed by atoms with Crippen LogP contribution < -0.4 is 0 Å². The van der Waals surface area contributed by atoms with Crippen LogP contribution in [0.5, 0.6) is 0 Å². The fraction of sp³-hybridized carbons (Fsp3) is 0.385. The molecule has 1 fully saturated rings. The summed E-state index contributed by atoms with van der Waals surface area (Å²) in [5.74, 6) is -0.311. The molecule has 2 rings (SSSR count). The molecule has 1 saturated heterocycles. The Balaban J connectivity index is 1.88. The molecule has 1 amide bonds. The Kier molecular flexibility index (Phi) is 3.42. The van der Waals surface area contributed by atoms with E-state index in [-0.39, 0.29) is 18.5 Å². The molecule has 0 bridgehead atoms. The zero-order valence-electron chi connectivity index (χ0n) is 9.76. The fourth-order valence-corrected chi connectivity index (χ4v) is 1.90. The molecule has 0 N–H and O–H groups in total. The quantitative estimate of drug-likeness (QED) is 0.740. The van der Waals surface area contributed by atoms with Crippen molar-refractivity contribution in [3.63, 3.8) is 0 Å². The Bertz CT molecular complexity index is 416. The highest BCUT2D eigenvalue weighted by atomic mass is 16.5. The van der Waals surface area contributed by atoms with E-state index >= 15 is 0 Å². The van der Waals surface area contributed by atoms with Crippen LogP contribution in [0, 0.1) is 0 Å². The van der Waals surface area contributed by atoms with Crippen LogP contribution in [0.2, 0.25) is 0 Å². The van der Waals surface area contributed by atoms with Crippen LogP contribution in [0.15, 0.2) is 30.3 Å². The van der Waals surface area contributed by atoms with E-state index in [4.69, 9.17) is 4.74 Å². The number of amides is 1. The molecule has 1 aliphatic rings. The van der Waals surface area contributed by atoms with E-state index in [1.165, 1.54) is 4.90 Å². The van der Waals surface area contributed by atoms with E-state index in [9.17, 15) is 9.59 Å². The van der Waals surface area contributed by atoms with Gasteiger partial charge in [0.25, 0.3) is 0 Å². The lowest BCUT2D eigenvalue weighted by Gasteiger charge is -2.18. The van der Waals surface area contributed by atoms with Gasteiger partial charge in [0.15, 0.2) is 0 Å². The van der Waals surface area contributed by atoms with Gasteiger partial charge >= 0.3 is 5.97 Å². The van der Waals surface area contributed by atoms with Crippen molar-refractivity contribution in [1.82, 2.24) is 4.90 Å². The van der Waals surface area contributed by atoms with Crippen molar-refractivity contribution in [2.24, 2.45) is 0 Å². The SMILES string of the molecule is CN1C(=O)CC[C@H]1C(=O)OCc1ccccc1. The van der Waals surface area contributed by atoms with Crippen LogP contribution in [-0.4, -0.2) is 29.9 Å². The van der Waals surface area contributed by atoms with Gasteiger partial charge in [-0.2, -0.15) is 0 Å². The predicted molar refractivity (Wildman–Crippen MR) is 62.0 cm³/mol. The average Bonchev–Trinajstić information content (AvgIpc) is 2.69. The van der Waals surface area contributed by atoms with Gasteiger partial charge in [-0.1, -0.05) is 30.3 Å². The van der Waals surface area contributed by atoms with Gasteiger partial charge in [-0.15, -0.1) is 0 Å². The van der Waals surface area contributed by atoms with Crippen molar-refractivity contribution in [2.45, 2.75) is 25.5 Å². The number of likely N-dealkylation sites (N-methyl/N-ethyl adjacent to an activating group) is 1. The maximum absolute atomic E-state index is 11.8.